The number of thiophene rings is 1. The third-order valence-corrected chi connectivity index (χ3v) is 5.52. The molecule has 0 aromatic carbocycles. The van der Waals surface area contributed by atoms with Crippen LogP contribution in [0.25, 0.3) is 0 Å². The van der Waals surface area contributed by atoms with Crippen LogP contribution < -0.4 is 10.6 Å². The lowest BCUT2D eigenvalue weighted by atomic mass is 9.93. The largest absolute Gasteiger partial charge is 0.359 e. The van der Waals surface area contributed by atoms with Crippen molar-refractivity contribution >= 4 is 47.2 Å². The second-order valence-electron chi connectivity index (χ2n) is 6.62. The van der Waals surface area contributed by atoms with Gasteiger partial charge in [0.2, 0.25) is 5.91 Å². The van der Waals surface area contributed by atoms with Crippen molar-refractivity contribution in [3.63, 3.8) is 0 Å². The number of nitrogens with one attached hydrogen (secondary N) is 2. The summed E-state index contributed by atoms with van der Waals surface area (Å²) in [5.74, 6) is 2.22. The van der Waals surface area contributed by atoms with Crippen molar-refractivity contribution in [2.75, 3.05) is 33.7 Å². The highest BCUT2D eigenvalue weighted by Gasteiger charge is 2.23. The Bertz CT molecular complexity index is 527. The molecule has 2 rings (SSSR count). The van der Waals surface area contributed by atoms with Crippen LogP contribution in [0, 0.1) is 11.8 Å². The number of carbonyl (C=O) groups excluding carboxylic acids is 1. The lowest BCUT2D eigenvalue weighted by Gasteiger charge is -2.34. The van der Waals surface area contributed by atoms with Crippen molar-refractivity contribution in [2.45, 2.75) is 32.6 Å². The van der Waals surface area contributed by atoms with Crippen molar-refractivity contribution in [3.05, 3.63) is 22.4 Å². The summed E-state index contributed by atoms with van der Waals surface area (Å²) in [6.45, 7) is 5.15. The fourth-order valence-corrected chi connectivity index (χ4v) is 4.03. The molecule has 7 heteroatoms. The Hall–Kier alpha value is -0.830. The van der Waals surface area contributed by atoms with E-state index in [-0.39, 0.29) is 29.9 Å². The lowest BCUT2D eigenvalue weighted by molar-refractivity contribution is -0.121. The van der Waals surface area contributed by atoms with Gasteiger partial charge in [0.05, 0.1) is 0 Å². The van der Waals surface area contributed by atoms with Gasteiger partial charge in [0.1, 0.15) is 0 Å². The van der Waals surface area contributed by atoms with Gasteiger partial charge in [-0.2, -0.15) is 0 Å². The molecule has 1 aromatic rings. The van der Waals surface area contributed by atoms with E-state index < -0.39 is 0 Å². The molecule has 0 bridgehead atoms. The molecule has 1 fully saturated rings. The number of likely N-dealkylation sites (tertiary alicyclic amines) is 1. The molecular weight excluding hydrogens is 447 g/mol. The van der Waals surface area contributed by atoms with Gasteiger partial charge in [0, 0.05) is 45.0 Å². The molecule has 142 valence electrons. The van der Waals surface area contributed by atoms with Gasteiger partial charge in [-0.05, 0) is 42.5 Å². The zero-order chi connectivity index (χ0) is 17.4. The number of carbonyl (C=O) groups is 1. The summed E-state index contributed by atoms with van der Waals surface area (Å²) in [4.78, 5) is 19.7. The molecule has 1 aliphatic rings. The molecule has 1 atom stereocenters. The Morgan fingerprint density at radius 2 is 2.16 bits per heavy atom. The Labute approximate surface area is 172 Å². The van der Waals surface area contributed by atoms with E-state index in [1.165, 1.54) is 4.88 Å². The van der Waals surface area contributed by atoms with Gasteiger partial charge in [-0.15, -0.1) is 35.3 Å². The minimum absolute atomic E-state index is 0. The Morgan fingerprint density at radius 1 is 1.44 bits per heavy atom. The summed E-state index contributed by atoms with van der Waals surface area (Å²) in [6, 6.07) is 4.31. The molecule has 0 saturated carbocycles. The zero-order valence-electron chi connectivity index (χ0n) is 15.5. The first-order chi connectivity index (χ1) is 11.6. The minimum atomic E-state index is 0. The normalized spacial score (nSPS) is 16.9. The highest BCUT2D eigenvalue weighted by atomic mass is 127. The molecule has 5 nitrogen and oxygen atoms in total. The number of hydrogen-bond donors (Lipinski definition) is 2. The molecule has 1 aromatic heterocycles. The third kappa shape index (κ3) is 7.52. The van der Waals surface area contributed by atoms with Crippen LogP contribution in [0.4, 0.5) is 0 Å². The van der Waals surface area contributed by atoms with Crippen LogP contribution in [0.3, 0.4) is 0 Å². The average molecular weight is 478 g/mol. The number of halogens is 1. The van der Waals surface area contributed by atoms with E-state index in [0.29, 0.717) is 18.3 Å². The van der Waals surface area contributed by atoms with E-state index in [9.17, 15) is 4.79 Å². The molecule has 2 N–H and O–H groups in total. The van der Waals surface area contributed by atoms with E-state index in [0.717, 1.165) is 44.9 Å². The molecule has 1 amide bonds. The third-order valence-electron chi connectivity index (χ3n) is 4.62. The van der Waals surface area contributed by atoms with E-state index in [1.54, 1.807) is 7.05 Å². The van der Waals surface area contributed by atoms with Crippen molar-refractivity contribution in [1.82, 2.24) is 15.5 Å². The molecule has 0 aliphatic carbocycles. The van der Waals surface area contributed by atoms with Crippen LogP contribution in [0.1, 0.15) is 31.1 Å². The zero-order valence-corrected chi connectivity index (χ0v) is 18.6. The van der Waals surface area contributed by atoms with Gasteiger partial charge < -0.3 is 15.5 Å². The van der Waals surface area contributed by atoms with Crippen molar-refractivity contribution < 1.29 is 4.79 Å². The molecule has 0 radical (unpaired) electrons. The molecule has 1 unspecified atom stereocenters. The number of piperidine rings is 1. The van der Waals surface area contributed by atoms with Gasteiger partial charge in [0.15, 0.2) is 5.96 Å². The fourth-order valence-electron chi connectivity index (χ4n) is 3.16. The van der Waals surface area contributed by atoms with Gasteiger partial charge in [-0.25, -0.2) is 0 Å². The highest BCUT2D eigenvalue weighted by molar-refractivity contribution is 14.0. The number of amides is 1. The van der Waals surface area contributed by atoms with E-state index in [1.807, 2.05) is 18.4 Å². The van der Waals surface area contributed by atoms with Gasteiger partial charge in [-0.3, -0.25) is 9.79 Å². The summed E-state index contributed by atoms with van der Waals surface area (Å²) in [7, 11) is 3.56. The van der Waals surface area contributed by atoms with Gasteiger partial charge in [-0.1, -0.05) is 13.0 Å². The summed E-state index contributed by atoms with van der Waals surface area (Å²) >= 11 is 1.83. The van der Waals surface area contributed by atoms with Crippen LogP contribution in [0.5, 0.6) is 0 Å². The van der Waals surface area contributed by atoms with Crippen LogP contribution in [-0.4, -0.2) is 50.5 Å². The predicted octanol–water partition coefficient (Wildman–Crippen LogP) is 2.97. The maximum atomic E-state index is 11.5. The first-order valence-electron chi connectivity index (χ1n) is 8.81. The summed E-state index contributed by atoms with van der Waals surface area (Å²) in [5, 5.41) is 8.38. The van der Waals surface area contributed by atoms with Crippen LogP contribution >= 0.6 is 35.3 Å². The lowest BCUT2D eigenvalue weighted by Crippen LogP contribution is -2.47. The SMILES string of the molecule is CN=C(NCC(C)Cc1cccs1)N1CCC(CC(=O)NC)CC1.I. The molecule has 25 heavy (non-hydrogen) atoms. The smallest absolute Gasteiger partial charge is 0.220 e. The first-order valence-corrected chi connectivity index (χ1v) is 9.69. The maximum absolute atomic E-state index is 11.5. The van der Waals surface area contributed by atoms with E-state index in [2.05, 4.69) is 45.0 Å². The van der Waals surface area contributed by atoms with Crippen molar-refractivity contribution in [1.29, 1.82) is 0 Å². The second kappa shape index (κ2) is 11.7. The van der Waals surface area contributed by atoms with E-state index >= 15 is 0 Å². The minimum Gasteiger partial charge on any atom is -0.359 e. The maximum Gasteiger partial charge on any atom is 0.220 e. The fraction of sp³-hybridized carbons (Fsp3) is 0.667. The monoisotopic (exact) mass is 478 g/mol. The summed E-state index contributed by atoms with van der Waals surface area (Å²) < 4.78 is 0. The quantitative estimate of drug-likeness (QED) is 0.376. The standard InChI is InChI=1S/C18H30N4OS.HI/c1-14(11-16-5-4-10-24-16)13-21-18(20-3)22-8-6-15(7-9-22)12-17(23)19-2;/h4-5,10,14-15H,6-9,11-13H2,1-3H3,(H,19,23)(H,20,21);1H. The van der Waals surface area contributed by atoms with Gasteiger partial charge in [0.25, 0.3) is 0 Å². The topological polar surface area (TPSA) is 56.7 Å². The average Bonchev–Trinajstić information content (AvgIpc) is 3.09. The predicted molar refractivity (Wildman–Crippen MR) is 117 cm³/mol. The Balaban J connectivity index is 0.00000312. The molecule has 1 aliphatic heterocycles. The number of guanidine groups is 1. The number of rotatable bonds is 6. The second-order valence-corrected chi connectivity index (χ2v) is 7.66. The first kappa shape index (κ1) is 22.2. The van der Waals surface area contributed by atoms with E-state index in [4.69, 9.17) is 0 Å². The number of aliphatic imine (C=N–C) groups is 1. The number of hydrogen-bond acceptors (Lipinski definition) is 3. The number of nitrogens with zero attached hydrogens (tertiary/aromatic N) is 2. The Morgan fingerprint density at radius 3 is 2.72 bits per heavy atom. The van der Waals surface area contributed by atoms with Crippen molar-refractivity contribution in [3.8, 4) is 0 Å². The molecule has 2 heterocycles. The Kier molecular flexibility index (Phi) is 10.4. The van der Waals surface area contributed by atoms with Crippen LogP contribution in [0.2, 0.25) is 0 Å². The van der Waals surface area contributed by atoms with Crippen LogP contribution in [0.15, 0.2) is 22.5 Å². The molecule has 0 spiro atoms. The molecule has 1 saturated heterocycles. The van der Waals surface area contributed by atoms with Crippen LogP contribution in [-0.2, 0) is 11.2 Å². The van der Waals surface area contributed by atoms with Crippen molar-refractivity contribution in [2.24, 2.45) is 16.8 Å². The van der Waals surface area contributed by atoms with Gasteiger partial charge >= 0.3 is 0 Å². The summed E-state index contributed by atoms with van der Waals surface area (Å²) in [6.07, 6.45) is 3.86. The highest BCUT2D eigenvalue weighted by Crippen LogP contribution is 2.20. The summed E-state index contributed by atoms with van der Waals surface area (Å²) in [5.41, 5.74) is 0. The molecular formula is C18H31IN4OS.